The van der Waals surface area contributed by atoms with Gasteiger partial charge in [0.1, 0.15) is 5.82 Å². The van der Waals surface area contributed by atoms with Gasteiger partial charge in [0.2, 0.25) is 0 Å². The summed E-state index contributed by atoms with van der Waals surface area (Å²) in [5, 5.41) is 14.7. The third-order valence-corrected chi connectivity index (χ3v) is 4.59. The van der Waals surface area contributed by atoms with E-state index in [1.807, 2.05) is 0 Å². The Morgan fingerprint density at radius 2 is 2.00 bits per heavy atom. The van der Waals surface area contributed by atoms with Gasteiger partial charge in [-0.25, -0.2) is 9.48 Å². The molecule has 2 heterocycles. The SMILES string of the molecule is O=c1n(CC(O)C2CCCCC2)nc2n1CCCC2. The first-order valence-electron chi connectivity index (χ1n) is 7.60. The zero-order chi connectivity index (χ0) is 13.2. The zero-order valence-corrected chi connectivity index (χ0v) is 11.4. The van der Waals surface area contributed by atoms with Crippen LogP contribution in [0.5, 0.6) is 0 Å². The molecule has 1 N–H and O–H groups in total. The smallest absolute Gasteiger partial charge is 0.346 e. The van der Waals surface area contributed by atoms with E-state index in [1.165, 1.54) is 23.9 Å². The molecular weight excluding hydrogens is 242 g/mol. The number of nitrogens with zero attached hydrogens (tertiary/aromatic N) is 3. The van der Waals surface area contributed by atoms with Crippen molar-refractivity contribution < 1.29 is 5.11 Å². The van der Waals surface area contributed by atoms with Crippen LogP contribution in [0.3, 0.4) is 0 Å². The van der Waals surface area contributed by atoms with Gasteiger partial charge in [0.25, 0.3) is 0 Å². The maximum atomic E-state index is 12.2. The topological polar surface area (TPSA) is 60.1 Å². The number of hydrogen-bond donors (Lipinski definition) is 1. The molecule has 2 aliphatic rings. The molecule has 1 atom stereocenters. The Kier molecular flexibility index (Phi) is 3.73. The van der Waals surface area contributed by atoms with Gasteiger partial charge in [-0.15, -0.1) is 0 Å². The van der Waals surface area contributed by atoms with Crippen LogP contribution in [0.1, 0.15) is 50.8 Å². The van der Waals surface area contributed by atoms with Gasteiger partial charge in [0, 0.05) is 13.0 Å². The number of aliphatic hydroxyl groups excluding tert-OH is 1. The van der Waals surface area contributed by atoms with Crippen molar-refractivity contribution in [1.29, 1.82) is 0 Å². The van der Waals surface area contributed by atoms with Gasteiger partial charge in [0.15, 0.2) is 0 Å². The van der Waals surface area contributed by atoms with Crippen LogP contribution in [-0.4, -0.2) is 25.6 Å². The van der Waals surface area contributed by atoms with Crippen LogP contribution in [-0.2, 0) is 19.5 Å². The van der Waals surface area contributed by atoms with Gasteiger partial charge in [-0.3, -0.25) is 4.57 Å². The van der Waals surface area contributed by atoms with Crippen LogP contribution < -0.4 is 5.69 Å². The molecule has 1 aliphatic heterocycles. The first-order chi connectivity index (χ1) is 9.25. The molecular formula is C14H23N3O2. The van der Waals surface area contributed by atoms with Gasteiger partial charge < -0.3 is 5.11 Å². The molecule has 3 rings (SSSR count). The third-order valence-electron chi connectivity index (χ3n) is 4.59. The highest BCUT2D eigenvalue weighted by atomic mass is 16.3. The van der Waals surface area contributed by atoms with Crippen molar-refractivity contribution in [2.45, 2.75) is 70.6 Å². The van der Waals surface area contributed by atoms with Gasteiger partial charge in [-0.05, 0) is 31.6 Å². The third kappa shape index (κ3) is 2.61. The molecule has 106 valence electrons. The van der Waals surface area contributed by atoms with Gasteiger partial charge in [0.05, 0.1) is 12.6 Å². The lowest BCUT2D eigenvalue weighted by molar-refractivity contribution is 0.0653. The number of aromatic nitrogens is 3. The number of fused-ring (bicyclic) bond motifs is 1. The van der Waals surface area contributed by atoms with E-state index >= 15 is 0 Å². The van der Waals surface area contributed by atoms with E-state index in [0.717, 1.165) is 44.5 Å². The Labute approximate surface area is 113 Å². The summed E-state index contributed by atoms with van der Waals surface area (Å²) in [5.41, 5.74) is -0.0374. The molecule has 1 aliphatic carbocycles. The highest BCUT2D eigenvalue weighted by Crippen LogP contribution is 2.26. The predicted molar refractivity (Wildman–Crippen MR) is 72.0 cm³/mol. The van der Waals surface area contributed by atoms with E-state index in [1.54, 1.807) is 4.57 Å². The summed E-state index contributed by atoms with van der Waals surface area (Å²) in [5.74, 6) is 1.24. The second-order valence-corrected chi connectivity index (χ2v) is 5.96. The molecule has 0 aromatic carbocycles. The van der Waals surface area contributed by atoms with E-state index < -0.39 is 6.10 Å². The molecule has 0 radical (unpaired) electrons. The Balaban J connectivity index is 1.72. The van der Waals surface area contributed by atoms with Crippen LogP contribution in [0, 0.1) is 5.92 Å². The Morgan fingerprint density at radius 1 is 1.21 bits per heavy atom. The summed E-state index contributed by atoms with van der Waals surface area (Å²) in [6.45, 7) is 1.15. The largest absolute Gasteiger partial charge is 0.391 e. The van der Waals surface area contributed by atoms with Crippen LogP contribution in [0.25, 0.3) is 0 Å². The number of aliphatic hydroxyl groups is 1. The van der Waals surface area contributed by atoms with Crippen LogP contribution in [0.15, 0.2) is 4.79 Å². The quantitative estimate of drug-likeness (QED) is 0.896. The Hall–Kier alpha value is -1.10. The van der Waals surface area contributed by atoms with Crippen molar-refractivity contribution in [2.24, 2.45) is 5.92 Å². The van der Waals surface area contributed by atoms with E-state index in [-0.39, 0.29) is 5.69 Å². The second-order valence-electron chi connectivity index (χ2n) is 5.96. The summed E-state index contributed by atoms with van der Waals surface area (Å²) >= 11 is 0. The van der Waals surface area contributed by atoms with Crippen molar-refractivity contribution in [2.75, 3.05) is 0 Å². The van der Waals surface area contributed by atoms with Crippen molar-refractivity contribution >= 4 is 0 Å². The minimum Gasteiger partial charge on any atom is -0.391 e. The van der Waals surface area contributed by atoms with Gasteiger partial charge in [-0.1, -0.05) is 19.3 Å². The molecule has 1 saturated carbocycles. The van der Waals surface area contributed by atoms with Crippen LogP contribution in [0.4, 0.5) is 0 Å². The zero-order valence-electron chi connectivity index (χ0n) is 11.4. The molecule has 0 saturated heterocycles. The number of rotatable bonds is 3. The van der Waals surface area contributed by atoms with E-state index in [2.05, 4.69) is 5.10 Å². The standard InChI is InChI=1S/C14H23N3O2/c18-12(11-6-2-1-3-7-11)10-17-14(19)16-9-5-4-8-13(16)15-17/h11-12,18H,1-10H2. The van der Waals surface area contributed by atoms with Crippen molar-refractivity contribution in [3.05, 3.63) is 16.3 Å². The normalized spacial score (nSPS) is 22.2. The summed E-state index contributed by atoms with van der Waals surface area (Å²) in [4.78, 5) is 12.2. The van der Waals surface area contributed by atoms with Crippen molar-refractivity contribution in [3.63, 3.8) is 0 Å². The lowest BCUT2D eigenvalue weighted by Gasteiger charge is -2.26. The van der Waals surface area contributed by atoms with Gasteiger partial charge >= 0.3 is 5.69 Å². The molecule has 0 amide bonds. The molecule has 19 heavy (non-hydrogen) atoms. The molecule has 5 nitrogen and oxygen atoms in total. The molecule has 1 fully saturated rings. The lowest BCUT2D eigenvalue weighted by Crippen LogP contribution is -2.34. The highest BCUT2D eigenvalue weighted by molar-refractivity contribution is 4.91. The first-order valence-corrected chi connectivity index (χ1v) is 7.60. The summed E-state index contributed by atoms with van der Waals surface area (Å²) < 4.78 is 3.26. The molecule has 0 spiro atoms. The number of aryl methyl sites for hydroxylation is 1. The minimum atomic E-state index is -0.421. The predicted octanol–water partition coefficient (Wildman–Crippen LogP) is 1.32. The monoisotopic (exact) mass is 265 g/mol. The second kappa shape index (κ2) is 5.49. The summed E-state index contributed by atoms with van der Waals surface area (Å²) in [7, 11) is 0. The van der Waals surface area contributed by atoms with Crippen LogP contribution in [0.2, 0.25) is 0 Å². The lowest BCUT2D eigenvalue weighted by atomic mass is 9.85. The fourth-order valence-corrected chi connectivity index (χ4v) is 3.41. The fraction of sp³-hybridized carbons (Fsp3) is 0.857. The molecule has 0 bridgehead atoms. The van der Waals surface area contributed by atoms with Crippen molar-refractivity contribution in [1.82, 2.24) is 14.3 Å². The Morgan fingerprint density at radius 3 is 2.74 bits per heavy atom. The van der Waals surface area contributed by atoms with Crippen LogP contribution >= 0.6 is 0 Å². The summed E-state index contributed by atoms with van der Waals surface area (Å²) in [6, 6.07) is 0. The highest BCUT2D eigenvalue weighted by Gasteiger charge is 2.24. The molecule has 5 heteroatoms. The fourth-order valence-electron chi connectivity index (χ4n) is 3.41. The van der Waals surface area contributed by atoms with Gasteiger partial charge in [-0.2, -0.15) is 5.10 Å². The average Bonchev–Trinajstić information content (AvgIpc) is 2.77. The van der Waals surface area contributed by atoms with Crippen molar-refractivity contribution in [3.8, 4) is 0 Å². The average molecular weight is 265 g/mol. The maximum Gasteiger partial charge on any atom is 0.346 e. The number of hydrogen-bond acceptors (Lipinski definition) is 3. The van der Waals surface area contributed by atoms with E-state index in [4.69, 9.17) is 0 Å². The van der Waals surface area contributed by atoms with E-state index in [9.17, 15) is 9.90 Å². The Bertz CT molecular complexity index is 485. The molecule has 1 unspecified atom stereocenters. The minimum absolute atomic E-state index is 0.0374. The molecule has 1 aromatic heterocycles. The maximum absolute atomic E-state index is 12.2. The first kappa shape index (κ1) is 12.9. The van der Waals surface area contributed by atoms with E-state index in [0.29, 0.717) is 12.5 Å². The summed E-state index contributed by atoms with van der Waals surface area (Å²) in [6.07, 6.45) is 8.50. The molecule has 1 aromatic rings.